The van der Waals surface area contributed by atoms with Crippen LogP contribution in [0.1, 0.15) is 46.0 Å². The normalized spacial score (nSPS) is 14.4. The molecule has 152 valence electrons. The molecule has 1 aliphatic rings. The summed E-state index contributed by atoms with van der Waals surface area (Å²) in [5, 5.41) is 5.90. The molecule has 0 radical (unpaired) electrons. The van der Waals surface area contributed by atoms with Gasteiger partial charge in [-0.15, -0.1) is 0 Å². The van der Waals surface area contributed by atoms with Crippen molar-refractivity contribution in [3.05, 3.63) is 62.7 Å². The molecule has 2 amide bonds. The summed E-state index contributed by atoms with van der Waals surface area (Å²) in [6, 6.07) is 12.7. The maximum Gasteiger partial charge on any atom is 0.257 e. The predicted molar refractivity (Wildman–Crippen MR) is 128 cm³/mol. The van der Waals surface area contributed by atoms with Crippen LogP contribution in [0.3, 0.4) is 0 Å². The van der Waals surface area contributed by atoms with E-state index in [4.69, 9.17) is 12.2 Å². The van der Waals surface area contributed by atoms with Crippen LogP contribution in [0.5, 0.6) is 0 Å². The zero-order chi connectivity index (χ0) is 21.0. The van der Waals surface area contributed by atoms with Crippen molar-refractivity contribution in [2.75, 3.05) is 18.4 Å². The molecule has 2 N–H and O–H groups in total. The number of nitrogens with one attached hydrogen (secondary N) is 2. The molecule has 0 saturated carbocycles. The molecule has 0 aliphatic carbocycles. The highest BCUT2D eigenvalue weighted by atomic mass is 127. The largest absolute Gasteiger partial charge is 0.339 e. The fourth-order valence-electron chi connectivity index (χ4n) is 3.16. The maximum atomic E-state index is 12.6. The van der Waals surface area contributed by atoms with Gasteiger partial charge in [-0.1, -0.05) is 13.0 Å². The number of benzene rings is 2. The molecule has 0 atom stereocenters. The molecular weight excluding hydrogens is 497 g/mol. The van der Waals surface area contributed by atoms with E-state index >= 15 is 0 Å². The minimum absolute atomic E-state index is 0.0632. The monoisotopic (exact) mass is 521 g/mol. The first-order valence-electron chi connectivity index (χ1n) is 9.61. The van der Waals surface area contributed by atoms with E-state index in [0.717, 1.165) is 40.8 Å². The molecule has 1 heterocycles. The van der Waals surface area contributed by atoms with Gasteiger partial charge in [-0.05, 0) is 102 Å². The van der Waals surface area contributed by atoms with E-state index in [1.807, 2.05) is 24.0 Å². The molecule has 1 aliphatic heterocycles. The first-order chi connectivity index (χ1) is 13.8. The second kappa shape index (κ2) is 9.67. The molecule has 29 heavy (non-hydrogen) atoms. The molecule has 2 aromatic carbocycles. The lowest BCUT2D eigenvalue weighted by Gasteiger charge is -2.30. The van der Waals surface area contributed by atoms with Gasteiger partial charge in [-0.3, -0.25) is 14.9 Å². The Morgan fingerprint density at radius 1 is 1.07 bits per heavy atom. The van der Waals surface area contributed by atoms with E-state index in [1.165, 1.54) is 0 Å². The lowest BCUT2D eigenvalue weighted by molar-refractivity contribution is 0.0697. The standard InChI is InChI=1S/C22H24IN3O2S/c1-14-9-11-26(12-10-14)21(28)16-5-7-18(8-6-16)24-22(29)25-20(27)17-4-3-15(2)19(23)13-17/h3-8,13-14H,9-12H2,1-2H3,(H2,24,25,27,29). The molecule has 0 aromatic heterocycles. The number of aryl methyl sites for hydroxylation is 1. The number of anilines is 1. The quantitative estimate of drug-likeness (QED) is 0.458. The number of likely N-dealkylation sites (tertiary alicyclic amines) is 1. The van der Waals surface area contributed by atoms with Crippen LogP contribution in [0, 0.1) is 16.4 Å². The van der Waals surface area contributed by atoms with E-state index < -0.39 is 0 Å². The minimum Gasteiger partial charge on any atom is -0.339 e. The smallest absolute Gasteiger partial charge is 0.257 e. The Balaban J connectivity index is 1.56. The van der Waals surface area contributed by atoms with Crippen molar-refractivity contribution in [3.8, 4) is 0 Å². The second-order valence-electron chi connectivity index (χ2n) is 7.42. The molecule has 0 spiro atoms. The van der Waals surface area contributed by atoms with Crippen LogP contribution in [0.2, 0.25) is 0 Å². The van der Waals surface area contributed by atoms with Crippen molar-refractivity contribution in [1.29, 1.82) is 0 Å². The van der Waals surface area contributed by atoms with Crippen LogP contribution in [0.25, 0.3) is 0 Å². The van der Waals surface area contributed by atoms with Gasteiger partial charge in [0.2, 0.25) is 0 Å². The number of rotatable bonds is 3. The number of hydrogen-bond donors (Lipinski definition) is 2. The van der Waals surface area contributed by atoms with Crippen LogP contribution in [0.15, 0.2) is 42.5 Å². The summed E-state index contributed by atoms with van der Waals surface area (Å²) >= 11 is 7.45. The third kappa shape index (κ3) is 5.76. The van der Waals surface area contributed by atoms with Gasteiger partial charge in [0.15, 0.2) is 5.11 Å². The Labute approximate surface area is 190 Å². The van der Waals surface area contributed by atoms with Gasteiger partial charge in [0.25, 0.3) is 11.8 Å². The van der Waals surface area contributed by atoms with Crippen molar-refractivity contribution < 1.29 is 9.59 Å². The number of piperidine rings is 1. The van der Waals surface area contributed by atoms with E-state index in [0.29, 0.717) is 17.0 Å². The maximum absolute atomic E-state index is 12.6. The van der Waals surface area contributed by atoms with Gasteiger partial charge in [0, 0.05) is 33.5 Å². The Morgan fingerprint density at radius 2 is 1.69 bits per heavy atom. The fourth-order valence-corrected chi connectivity index (χ4v) is 3.89. The summed E-state index contributed by atoms with van der Waals surface area (Å²) in [7, 11) is 0. The van der Waals surface area contributed by atoms with Gasteiger partial charge in [-0.2, -0.15) is 0 Å². The number of amides is 2. The molecule has 0 bridgehead atoms. The SMILES string of the molecule is Cc1ccc(C(=O)NC(=S)Nc2ccc(C(=O)N3CCC(C)CC3)cc2)cc1I. The van der Waals surface area contributed by atoms with E-state index in [1.54, 1.807) is 30.3 Å². The van der Waals surface area contributed by atoms with Crippen molar-refractivity contribution in [2.45, 2.75) is 26.7 Å². The van der Waals surface area contributed by atoms with Crippen molar-refractivity contribution >= 4 is 57.4 Å². The Hall–Kier alpha value is -2.00. The molecule has 0 unspecified atom stereocenters. The van der Waals surface area contributed by atoms with Crippen LogP contribution >= 0.6 is 34.8 Å². The van der Waals surface area contributed by atoms with E-state index in [2.05, 4.69) is 40.1 Å². The third-order valence-electron chi connectivity index (χ3n) is 5.12. The van der Waals surface area contributed by atoms with Gasteiger partial charge in [0.05, 0.1) is 0 Å². The number of thiocarbonyl (C=S) groups is 1. The fraction of sp³-hybridized carbons (Fsp3) is 0.318. The Kier molecular flexibility index (Phi) is 7.23. The lowest BCUT2D eigenvalue weighted by Crippen LogP contribution is -2.37. The van der Waals surface area contributed by atoms with E-state index in [-0.39, 0.29) is 16.9 Å². The van der Waals surface area contributed by atoms with Gasteiger partial charge in [0.1, 0.15) is 0 Å². The highest BCUT2D eigenvalue weighted by molar-refractivity contribution is 14.1. The number of carbonyl (C=O) groups excluding carboxylic acids is 2. The molecule has 1 fully saturated rings. The summed E-state index contributed by atoms with van der Waals surface area (Å²) in [5.41, 5.74) is 3.06. The van der Waals surface area contributed by atoms with Crippen LogP contribution in [-0.4, -0.2) is 34.9 Å². The first-order valence-corrected chi connectivity index (χ1v) is 11.1. The predicted octanol–water partition coefficient (Wildman–Crippen LogP) is 4.60. The summed E-state index contributed by atoms with van der Waals surface area (Å²) in [4.78, 5) is 26.9. The van der Waals surface area contributed by atoms with Gasteiger partial charge in [-0.25, -0.2) is 0 Å². The molecule has 2 aromatic rings. The molecule has 3 rings (SSSR count). The molecule has 5 nitrogen and oxygen atoms in total. The number of halogens is 1. The Morgan fingerprint density at radius 3 is 2.31 bits per heavy atom. The summed E-state index contributed by atoms with van der Waals surface area (Å²) < 4.78 is 1.03. The van der Waals surface area contributed by atoms with Crippen molar-refractivity contribution in [2.24, 2.45) is 5.92 Å². The van der Waals surface area contributed by atoms with Gasteiger partial charge >= 0.3 is 0 Å². The van der Waals surface area contributed by atoms with Crippen LogP contribution < -0.4 is 10.6 Å². The van der Waals surface area contributed by atoms with Crippen LogP contribution in [0.4, 0.5) is 5.69 Å². The number of nitrogens with zero attached hydrogens (tertiary/aromatic N) is 1. The summed E-state index contributed by atoms with van der Waals surface area (Å²) in [6.07, 6.45) is 2.11. The Bertz CT molecular complexity index is 922. The zero-order valence-electron chi connectivity index (χ0n) is 16.5. The topological polar surface area (TPSA) is 61.4 Å². The average molecular weight is 521 g/mol. The van der Waals surface area contributed by atoms with Gasteiger partial charge < -0.3 is 10.2 Å². The second-order valence-corrected chi connectivity index (χ2v) is 8.99. The van der Waals surface area contributed by atoms with Crippen molar-refractivity contribution in [3.63, 3.8) is 0 Å². The highest BCUT2D eigenvalue weighted by Crippen LogP contribution is 2.19. The highest BCUT2D eigenvalue weighted by Gasteiger charge is 2.21. The van der Waals surface area contributed by atoms with E-state index in [9.17, 15) is 9.59 Å². The first kappa shape index (κ1) is 21.7. The molecular formula is C22H24IN3O2S. The summed E-state index contributed by atoms with van der Waals surface area (Å²) in [5.74, 6) is 0.491. The average Bonchev–Trinajstić information content (AvgIpc) is 2.70. The third-order valence-corrected chi connectivity index (χ3v) is 6.49. The zero-order valence-corrected chi connectivity index (χ0v) is 19.5. The number of carbonyl (C=O) groups is 2. The molecule has 1 saturated heterocycles. The number of hydrogen-bond acceptors (Lipinski definition) is 3. The van der Waals surface area contributed by atoms with Crippen LogP contribution in [-0.2, 0) is 0 Å². The summed E-state index contributed by atoms with van der Waals surface area (Å²) in [6.45, 7) is 5.85. The minimum atomic E-state index is -0.258. The van der Waals surface area contributed by atoms with Crippen molar-refractivity contribution in [1.82, 2.24) is 10.2 Å². The molecule has 7 heteroatoms. The lowest BCUT2D eigenvalue weighted by atomic mass is 9.98.